The molecular formula is C12H15FN2O5S. The van der Waals surface area contributed by atoms with E-state index in [9.17, 15) is 22.9 Å². The van der Waals surface area contributed by atoms with Gasteiger partial charge in [-0.3, -0.25) is 10.1 Å². The molecule has 0 saturated carbocycles. The van der Waals surface area contributed by atoms with Crippen LogP contribution in [-0.4, -0.2) is 42.4 Å². The molecule has 1 aliphatic rings. The molecule has 1 heterocycles. The summed E-state index contributed by atoms with van der Waals surface area (Å²) in [7, 11) is -4.04. The third-order valence-electron chi connectivity index (χ3n) is 3.57. The third kappa shape index (κ3) is 3.20. The lowest BCUT2D eigenvalue weighted by molar-refractivity contribution is -0.388. The number of rotatable bonds is 4. The summed E-state index contributed by atoms with van der Waals surface area (Å²) in [6.07, 6.45) is 0.982. The van der Waals surface area contributed by atoms with Crippen LogP contribution in [0.3, 0.4) is 0 Å². The molecule has 1 aromatic carbocycles. The van der Waals surface area contributed by atoms with E-state index in [1.807, 2.05) is 0 Å². The number of benzene rings is 1. The lowest BCUT2D eigenvalue weighted by Gasteiger charge is -2.30. The lowest BCUT2D eigenvalue weighted by Crippen LogP contribution is -2.39. The van der Waals surface area contributed by atoms with Gasteiger partial charge >= 0.3 is 0 Å². The SMILES string of the molecule is O=[N+]([O-])c1cc(F)ccc1S(=O)(=O)N1CCC(CO)CC1. The van der Waals surface area contributed by atoms with Crippen LogP contribution in [0.1, 0.15) is 12.8 Å². The third-order valence-corrected chi connectivity index (χ3v) is 5.51. The van der Waals surface area contributed by atoms with E-state index < -0.39 is 31.3 Å². The fourth-order valence-corrected chi connectivity index (χ4v) is 3.93. The van der Waals surface area contributed by atoms with Crippen molar-refractivity contribution in [1.82, 2.24) is 4.31 Å². The number of nitro benzene ring substituents is 1. The van der Waals surface area contributed by atoms with Crippen molar-refractivity contribution in [2.24, 2.45) is 5.92 Å². The Hall–Kier alpha value is -1.58. The summed E-state index contributed by atoms with van der Waals surface area (Å²) in [5.41, 5.74) is -0.765. The van der Waals surface area contributed by atoms with Crippen LogP contribution in [0.4, 0.5) is 10.1 Å². The van der Waals surface area contributed by atoms with Crippen molar-refractivity contribution in [3.8, 4) is 0 Å². The topological polar surface area (TPSA) is 101 Å². The van der Waals surface area contributed by atoms with E-state index in [0.29, 0.717) is 18.9 Å². The molecule has 2 rings (SSSR count). The van der Waals surface area contributed by atoms with Gasteiger partial charge in [-0.2, -0.15) is 4.31 Å². The second-order valence-electron chi connectivity index (χ2n) is 4.90. The molecule has 9 heteroatoms. The molecule has 0 radical (unpaired) electrons. The maximum Gasteiger partial charge on any atom is 0.292 e. The van der Waals surface area contributed by atoms with Gasteiger partial charge in [0.2, 0.25) is 10.0 Å². The Morgan fingerprint density at radius 3 is 2.52 bits per heavy atom. The summed E-state index contributed by atoms with van der Waals surface area (Å²) in [6.45, 7) is 0.356. The normalized spacial score (nSPS) is 17.8. The molecule has 116 valence electrons. The van der Waals surface area contributed by atoms with Gasteiger partial charge in [-0.1, -0.05) is 0 Å². The van der Waals surface area contributed by atoms with Gasteiger partial charge in [-0.15, -0.1) is 0 Å². The second kappa shape index (κ2) is 6.04. The van der Waals surface area contributed by atoms with E-state index >= 15 is 0 Å². The smallest absolute Gasteiger partial charge is 0.292 e. The maximum atomic E-state index is 13.1. The van der Waals surface area contributed by atoms with Gasteiger partial charge in [-0.05, 0) is 30.9 Å². The summed E-state index contributed by atoms with van der Waals surface area (Å²) in [5.74, 6) is -0.820. The Balaban J connectivity index is 2.34. The van der Waals surface area contributed by atoms with Crippen LogP contribution < -0.4 is 0 Å². The molecule has 7 nitrogen and oxygen atoms in total. The highest BCUT2D eigenvalue weighted by atomic mass is 32.2. The molecule has 1 saturated heterocycles. The first-order chi connectivity index (χ1) is 9.86. The summed E-state index contributed by atoms with van der Waals surface area (Å²) in [6, 6.07) is 2.41. The van der Waals surface area contributed by atoms with Crippen LogP contribution in [0.5, 0.6) is 0 Å². The number of nitrogens with zero attached hydrogens (tertiary/aromatic N) is 2. The number of aliphatic hydroxyl groups is 1. The van der Waals surface area contributed by atoms with Crippen molar-refractivity contribution in [3.05, 3.63) is 34.1 Å². The second-order valence-corrected chi connectivity index (χ2v) is 6.81. The van der Waals surface area contributed by atoms with E-state index in [1.54, 1.807) is 0 Å². The predicted octanol–water partition coefficient (Wildman–Crippen LogP) is 1.13. The predicted molar refractivity (Wildman–Crippen MR) is 71.6 cm³/mol. The Morgan fingerprint density at radius 2 is 2.00 bits per heavy atom. The zero-order valence-electron chi connectivity index (χ0n) is 11.1. The first-order valence-electron chi connectivity index (χ1n) is 6.41. The number of halogens is 1. The van der Waals surface area contributed by atoms with Gasteiger partial charge in [0.25, 0.3) is 5.69 Å². The maximum absolute atomic E-state index is 13.1. The fourth-order valence-electron chi connectivity index (χ4n) is 2.32. The Labute approximate surface area is 121 Å². The molecule has 21 heavy (non-hydrogen) atoms. The van der Waals surface area contributed by atoms with Gasteiger partial charge in [0, 0.05) is 19.7 Å². The van der Waals surface area contributed by atoms with Gasteiger partial charge < -0.3 is 5.11 Å². The lowest BCUT2D eigenvalue weighted by atomic mass is 10.00. The van der Waals surface area contributed by atoms with Crippen molar-refractivity contribution in [3.63, 3.8) is 0 Å². The molecule has 0 aliphatic carbocycles. The molecule has 0 unspecified atom stereocenters. The standard InChI is InChI=1S/C12H15FN2O5S/c13-10-1-2-12(11(7-10)15(17)18)21(19,20)14-5-3-9(8-16)4-6-14/h1-2,7,9,16H,3-6,8H2. The highest BCUT2D eigenvalue weighted by Crippen LogP contribution is 2.30. The summed E-state index contributed by atoms with van der Waals surface area (Å²) >= 11 is 0. The summed E-state index contributed by atoms with van der Waals surface area (Å²) in [5, 5.41) is 20.0. The Morgan fingerprint density at radius 1 is 1.38 bits per heavy atom. The van der Waals surface area contributed by atoms with Gasteiger partial charge in [0.05, 0.1) is 11.0 Å². The first kappa shape index (κ1) is 15.8. The van der Waals surface area contributed by atoms with Crippen molar-refractivity contribution in [1.29, 1.82) is 0 Å². The van der Waals surface area contributed by atoms with Crippen molar-refractivity contribution in [2.45, 2.75) is 17.7 Å². The van der Waals surface area contributed by atoms with Crippen LogP contribution in [0, 0.1) is 21.8 Å². The van der Waals surface area contributed by atoms with Gasteiger partial charge in [0.15, 0.2) is 4.90 Å². The molecule has 0 spiro atoms. The van der Waals surface area contributed by atoms with E-state index in [0.717, 1.165) is 16.4 Å². The van der Waals surface area contributed by atoms with E-state index in [4.69, 9.17) is 5.11 Å². The van der Waals surface area contributed by atoms with Gasteiger partial charge in [-0.25, -0.2) is 12.8 Å². The fraction of sp³-hybridized carbons (Fsp3) is 0.500. The Kier molecular flexibility index (Phi) is 4.55. The molecule has 1 fully saturated rings. The quantitative estimate of drug-likeness (QED) is 0.662. The largest absolute Gasteiger partial charge is 0.396 e. The monoisotopic (exact) mass is 318 g/mol. The Bertz CT molecular complexity index is 641. The van der Waals surface area contributed by atoms with Crippen LogP contribution in [0.2, 0.25) is 0 Å². The van der Waals surface area contributed by atoms with E-state index in [-0.39, 0.29) is 25.6 Å². The average molecular weight is 318 g/mol. The zero-order chi connectivity index (χ0) is 15.6. The number of hydrogen-bond donors (Lipinski definition) is 1. The van der Waals surface area contributed by atoms with Gasteiger partial charge in [0.1, 0.15) is 5.82 Å². The highest BCUT2D eigenvalue weighted by molar-refractivity contribution is 7.89. The molecule has 0 atom stereocenters. The van der Waals surface area contributed by atoms with Crippen LogP contribution in [0.15, 0.2) is 23.1 Å². The molecule has 1 aromatic rings. The molecular weight excluding hydrogens is 303 g/mol. The minimum Gasteiger partial charge on any atom is -0.396 e. The van der Waals surface area contributed by atoms with Crippen molar-refractivity contribution in [2.75, 3.05) is 19.7 Å². The minimum absolute atomic E-state index is 0.00934. The van der Waals surface area contributed by atoms with Crippen molar-refractivity contribution < 1.29 is 22.8 Å². The minimum atomic E-state index is -4.04. The molecule has 1 N–H and O–H groups in total. The number of sulfonamides is 1. The number of nitro groups is 1. The van der Waals surface area contributed by atoms with Crippen LogP contribution in [-0.2, 0) is 10.0 Å². The molecule has 0 bridgehead atoms. The first-order valence-corrected chi connectivity index (χ1v) is 7.85. The average Bonchev–Trinajstić information content (AvgIpc) is 2.47. The van der Waals surface area contributed by atoms with E-state index in [2.05, 4.69) is 0 Å². The van der Waals surface area contributed by atoms with E-state index in [1.165, 1.54) is 0 Å². The number of hydrogen-bond acceptors (Lipinski definition) is 5. The van der Waals surface area contributed by atoms with Crippen molar-refractivity contribution >= 4 is 15.7 Å². The summed E-state index contributed by atoms with van der Waals surface area (Å²) in [4.78, 5) is 9.51. The number of piperidine rings is 1. The molecule has 0 aromatic heterocycles. The summed E-state index contributed by atoms with van der Waals surface area (Å²) < 4.78 is 39.1. The highest BCUT2D eigenvalue weighted by Gasteiger charge is 2.34. The molecule has 0 amide bonds. The van der Waals surface area contributed by atoms with Crippen LogP contribution >= 0.6 is 0 Å². The number of aliphatic hydroxyl groups excluding tert-OH is 1. The zero-order valence-corrected chi connectivity index (χ0v) is 11.9. The van der Waals surface area contributed by atoms with Crippen LogP contribution in [0.25, 0.3) is 0 Å². The molecule has 1 aliphatic heterocycles.